The van der Waals surface area contributed by atoms with Crippen LogP contribution < -0.4 is 11.1 Å². The molecular formula is C22H22N2O2S. The smallest absolute Gasteiger partial charge is 0.340 e. The van der Waals surface area contributed by atoms with Gasteiger partial charge in [-0.15, -0.1) is 0 Å². The number of rotatable bonds is 7. The Kier molecular flexibility index (Phi) is 6.39. The van der Waals surface area contributed by atoms with E-state index in [4.69, 9.17) is 10.5 Å². The third-order valence-electron chi connectivity index (χ3n) is 3.83. The number of hydrogen-bond acceptors (Lipinski definition) is 5. The number of carbonyl (C=O) groups is 1. The molecule has 0 heterocycles. The van der Waals surface area contributed by atoms with E-state index in [2.05, 4.69) is 17.4 Å². The van der Waals surface area contributed by atoms with Crippen LogP contribution in [0.1, 0.15) is 23.7 Å². The molecule has 0 radical (unpaired) electrons. The Labute approximate surface area is 163 Å². The molecule has 0 saturated heterocycles. The lowest BCUT2D eigenvalue weighted by atomic mass is 10.1. The van der Waals surface area contributed by atoms with Gasteiger partial charge in [-0.25, -0.2) is 4.79 Å². The Balaban J connectivity index is 1.88. The fourth-order valence-corrected chi connectivity index (χ4v) is 3.45. The summed E-state index contributed by atoms with van der Waals surface area (Å²) in [7, 11) is 0. The van der Waals surface area contributed by atoms with Gasteiger partial charge in [0.25, 0.3) is 0 Å². The number of benzene rings is 3. The molecule has 0 aromatic heterocycles. The third-order valence-corrected chi connectivity index (χ3v) is 4.91. The van der Waals surface area contributed by atoms with Crippen LogP contribution in [0.4, 0.5) is 17.1 Å². The van der Waals surface area contributed by atoms with Crippen molar-refractivity contribution < 1.29 is 9.53 Å². The van der Waals surface area contributed by atoms with E-state index in [1.807, 2.05) is 55.5 Å². The number of anilines is 3. The average molecular weight is 378 g/mol. The van der Waals surface area contributed by atoms with Crippen LogP contribution in [-0.4, -0.2) is 12.6 Å². The molecular weight excluding hydrogens is 356 g/mol. The molecule has 4 nitrogen and oxygen atoms in total. The number of carbonyl (C=O) groups excluding carboxylic acids is 1. The summed E-state index contributed by atoms with van der Waals surface area (Å²) >= 11 is 1.66. The van der Waals surface area contributed by atoms with E-state index in [9.17, 15) is 4.79 Å². The summed E-state index contributed by atoms with van der Waals surface area (Å²) < 4.78 is 5.30. The van der Waals surface area contributed by atoms with Crippen molar-refractivity contribution in [2.24, 2.45) is 0 Å². The number of hydrogen-bond donors (Lipinski definition) is 2. The van der Waals surface area contributed by atoms with E-state index < -0.39 is 0 Å². The molecule has 3 aromatic carbocycles. The number of nitrogen functional groups attached to an aromatic ring is 1. The molecule has 0 aliphatic rings. The molecule has 3 N–H and O–H groups in total. The fourth-order valence-electron chi connectivity index (χ4n) is 2.53. The molecule has 0 atom stereocenters. The maximum absolute atomic E-state index is 12.4. The first-order valence-corrected chi connectivity index (χ1v) is 9.64. The maximum atomic E-state index is 12.4. The van der Waals surface area contributed by atoms with Crippen molar-refractivity contribution in [3.63, 3.8) is 0 Å². The molecule has 3 aromatic rings. The van der Waals surface area contributed by atoms with Gasteiger partial charge in [0.2, 0.25) is 0 Å². The van der Waals surface area contributed by atoms with Crippen molar-refractivity contribution in [3.05, 3.63) is 78.4 Å². The zero-order chi connectivity index (χ0) is 19.1. The molecule has 0 bridgehead atoms. The van der Waals surface area contributed by atoms with Crippen molar-refractivity contribution in [2.75, 3.05) is 17.7 Å². The fraction of sp³-hybridized carbons (Fsp3) is 0.136. The molecule has 3 rings (SSSR count). The van der Waals surface area contributed by atoms with E-state index in [0.717, 1.165) is 21.9 Å². The van der Waals surface area contributed by atoms with Crippen LogP contribution in [0.15, 0.2) is 82.6 Å². The van der Waals surface area contributed by atoms with Crippen molar-refractivity contribution >= 4 is 34.8 Å². The third kappa shape index (κ3) is 5.05. The van der Waals surface area contributed by atoms with Gasteiger partial charge in [-0.1, -0.05) is 49.0 Å². The zero-order valence-corrected chi connectivity index (χ0v) is 16.0. The van der Waals surface area contributed by atoms with E-state index in [1.165, 1.54) is 0 Å². The Morgan fingerprint density at radius 2 is 1.74 bits per heavy atom. The molecule has 0 spiro atoms. The van der Waals surface area contributed by atoms with Crippen molar-refractivity contribution in [1.82, 2.24) is 0 Å². The van der Waals surface area contributed by atoms with Crippen LogP contribution >= 0.6 is 11.8 Å². The van der Waals surface area contributed by atoms with Crippen LogP contribution in [0, 0.1) is 0 Å². The lowest BCUT2D eigenvalue weighted by molar-refractivity contribution is 0.0506. The second kappa shape index (κ2) is 9.14. The predicted octanol–water partition coefficient (Wildman–Crippen LogP) is 5.73. The van der Waals surface area contributed by atoms with Gasteiger partial charge >= 0.3 is 5.97 Å². The molecule has 5 heteroatoms. The summed E-state index contributed by atoms with van der Waals surface area (Å²) in [5.41, 5.74) is 8.43. The molecule has 0 amide bonds. The number of nitrogens with one attached hydrogen (secondary N) is 1. The first-order valence-electron chi connectivity index (χ1n) is 8.83. The van der Waals surface area contributed by atoms with Gasteiger partial charge in [-0.2, -0.15) is 0 Å². The van der Waals surface area contributed by atoms with E-state index in [0.29, 0.717) is 23.5 Å². The first-order chi connectivity index (χ1) is 13.2. The summed E-state index contributed by atoms with van der Waals surface area (Å²) in [6, 6.07) is 23.4. The summed E-state index contributed by atoms with van der Waals surface area (Å²) in [4.78, 5) is 14.6. The molecule has 0 aliphatic carbocycles. The van der Waals surface area contributed by atoms with Gasteiger partial charge in [0.1, 0.15) is 0 Å². The van der Waals surface area contributed by atoms with Crippen LogP contribution in [0.25, 0.3) is 0 Å². The first kappa shape index (κ1) is 18.9. The quantitative estimate of drug-likeness (QED) is 0.406. The van der Waals surface area contributed by atoms with Gasteiger partial charge < -0.3 is 15.8 Å². The summed E-state index contributed by atoms with van der Waals surface area (Å²) in [6.07, 6.45) is 0.771. The maximum Gasteiger partial charge on any atom is 0.340 e. The predicted molar refractivity (Wildman–Crippen MR) is 112 cm³/mol. The topological polar surface area (TPSA) is 64.3 Å². The SMILES string of the molecule is CCCOC(=O)c1cc(N)ccc1Nc1ccccc1Sc1ccccc1. The van der Waals surface area contributed by atoms with Crippen LogP contribution in [-0.2, 0) is 4.74 Å². The number of nitrogens with two attached hydrogens (primary N) is 1. The highest BCUT2D eigenvalue weighted by atomic mass is 32.2. The number of para-hydroxylation sites is 1. The Morgan fingerprint density at radius 3 is 2.52 bits per heavy atom. The minimum atomic E-state index is -0.375. The Morgan fingerprint density at radius 1 is 1.00 bits per heavy atom. The summed E-state index contributed by atoms with van der Waals surface area (Å²) in [5.74, 6) is -0.375. The van der Waals surface area contributed by atoms with E-state index in [-0.39, 0.29) is 5.97 Å². The second-order valence-corrected chi connectivity index (χ2v) is 7.09. The standard InChI is InChI=1S/C22H22N2O2S/c1-2-14-26-22(25)18-15-16(23)12-13-19(18)24-20-10-6-7-11-21(20)27-17-8-4-3-5-9-17/h3-13,15,24H,2,14,23H2,1H3. The molecule has 0 fully saturated rings. The number of ether oxygens (including phenoxy) is 1. The highest BCUT2D eigenvalue weighted by Gasteiger charge is 2.15. The minimum absolute atomic E-state index is 0.375. The van der Waals surface area contributed by atoms with Gasteiger partial charge in [0, 0.05) is 15.5 Å². The zero-order valence-electron chi connectivity index (χ0n) is 15.1. The van der Waals surface area contributed by atoms with Gasteiger partial charge in [-0.05, 0) is 48.9 Å². The van der Waals surface area contributed by atoms with Crippen molar-refractivity contribution in [2.45, 2.75) is 23.1 Å². The lowest BCUT2D eigenvalue weighted by Gasteiger charge is -2.15. The molecule has 0 aliphatic heterocycles. The summed E-state index contributed by atoms with van der Waals surface area (Å²) in [6.45, 7) is 2.34. The normalized spacial score (nSPS) is 10.4. The largest absolute Gasteiger partial charge is 0.462 e. The average Bonchev–Trinajstić information content (AvgIpc) is 2.69. The van der Waals surface area contributed by atoms with Gasteiger partial charge in [0.15, 0.2) is 0 Å². The van der Waals surface area contributed by atoms with Gasteiger partial charge in [0.05, 0.1) is 23.5 Å². The molecule has 27 heavy (non-hydrogen) atoms. The Hall–Kier alpha value is -2.92. The van der Waals surface area contributed by atoms with Crippen molar-refractivity contribution in [1.29, 1.82) is 0 Å². The van der Waals surface area contributed by atoms with Crippen LogP contribution in [0.2, 0.25) is 0 Å². The van der Waals surface area contributed by atoms with Crippen molar-refractivity contribution in [3.8, 4) is 0 Å². The molecule has 138 valence electrons. The number of esters is 1. The van der Waals surface area contributed by atoms with E-state index in [1.54, 1.807) is 23.9 Å². The second-order valence-electron chi connectivity index (χ2n) is 5.98. The Bertz CT molecular complexity index is 913. The molecule has 0 saturated carbocycles. The molecule has 0 unspecified atom stereocenters. The highest BCUT2D eigenvalue weighted by Crippen LogP contribution is 2.35. The minimum Gasteiger partial charge on any atom is -0.462 e. The van der Waals surface area contributed by atoms with Crippen LogP contribution in [0.3, 0.4) is 0 Å². The monoisotopic (exact) mass is 378 g/mol. The van der Waals surface area contributed by atoms with Gasteiger partial charge in [-0.3, -0.25) is 0 Å². The van der Waals surface area contributed by atoms with Crippen LogP contribution in [0.5, 0.6) is 0 Å². The summed E-state index contributed by atoms with van der Waals surface area (Å²) in [5, 5.41) is 3.37. The lowest BCUT2D eigenvalue weighted by Crippen LogP contribution is -2.09. The van der Waals surface area contributed by atoms with E-state index >= 15 is 0 Å². The highest BCUT2D eigenvalue weighted by molar-refractivity contribution is 7.99.